The van der Waals surface area contributed by atoms with E-state index >= 15 is 0 Å². The van der Waals surface area contributed by atoms with Crippen molar-refractivity contribution in [3.63, 3.8) is 0 Å². The van der Waals surface area contributed by atoms with Gasteiger partial charge in [-0.1, -0.05) is 6.92 Å². The Hall–Kier alpha value is -2.55. The van der Waals surface area contributed by atoms with Gasteiger partial charge in [0.05, 0.1) is 24.9 Å². The van der Waals surface area contributed by atoms with Crippen LogP contribution in [0.4, 0.5) is 26.4 Å². The van der Waals surface area contributed by atoms with Gasteiger partial charge in [-0.05, 0) is 19.4 Å². The number of nitrogens with two attached hydrogens (primary N) is 1. The third-order valence-corrected chi connectivity index (χ3v) is 5.49. The maximum Gasteiger partial charge on any atom is 0.227 e. The molecule has 1 unspecified atom stereocenters. The molecule has 2 aliphatic heterocycles. The summed E-state index contributed by atoms with van der Waals surface area (Å²) in [5, 5.41) is 0. The number of hydrogen-bond acceptors (Lipinski definition) is 7. The smallest absolute Gasteiger partial charge is 0.227 e. The first-order chi connectivity index (χ1) is 13.8. The van der Waals surface area contributed by atoms with Crippen LogP contribution in [0.1, 0.15) is 26.7 Å². The van der Waals surface area contributed by atoms with Crippen LogP contribution >= 0.6 is 0 Å². The molecule has 0 aromatic carbocycles. The quantitative estimate of drug-likeness (QED) is 0.839. The minimum absolute atomic E-state index is 0.127. The lowest BCUT2D eigenvalue weighted by molar-refractivity contribution is 0.0381. The fraction of sp³-hybridized carbons (Fsp3) is 0.550. The number of halogens is 2. The molecule has 156 valence electrons. The van der Waals surface area contributed by atoms with Gasteiger partial charge in [-0.25, -0.2) is 18.7 Å². The fourth-order valence-corrected chi connectivity index (χ4v) is 3.73. The number of aromatic nitrogens is 3. The standard InChI is InChI=1S/C20H26F2N6O/c1-3-14-11-27(6-7-29-14)17-9-16(13-8-15(21)18(23)24-10-13)25-19(26-17)28-5-4-20(2,22)12-28/h8-10,14H,3-7,11-12H2,1-2H3,(H2,23,24)/t14-,20?/m0/s1. The van der Waals surface area contributed by atoms with Crippen molar-refractivity contribution in [2.45, 2.75) is 38.5 Å². The van der Waals surface area contributed by atoms with E-state index in [2.05, 4.69) is 21.8 Å². The van der Waals surface area contributed by atoms with E-state index in [0.29, 0.717) is 49.9 Å². The van der Waals surface area contributed by atoms with Crippen LogP contribution in [0.3, 0.4) is 0 Å². The maximum absolute atomic E-state index is 14.4. The molecule has 2 fully saturated rings. The van der Waals surface area contributed by atoms with Crippen LogP contribution in [0.5, 0.6) is 0 Å². The lowest BCUT2D eigenvalue weighted by atomic mass is 10.1. The number of ether oxygens (including phenoxy) is 1. The van der Waals surface area contributed by atoms with Crippen molar-refractivity contribution in [2.75, 3.05) is 48.3 Å². The molecule has 0 bridgehead atoms. The number of nitrogen functional groups attached to an aromatic ring is 1. The summed E-state index contributed by atoms with van der Waals surface area (Å²) in [6.45, 7) is 6.45. The van der Waals surface area contributed by atoms with Gasteiger partial charge in [0.1, 0.15) is 11.5 Å². The fourth-order valence-electron chi connectivity index (χ4n) is 3.73. The van der Waals surface area contributed by atoms with Gasteiger partial charge in [-0.2, -0.15) is 4.98 Å². The van der Waals surface area contributed by atoms with Crippen LogP contribution in [0.15, 0.2) is 18.3 Å². The second kappa shape index (κ2) is 7.70. The molecule has 4 heterocycles. The van der Waals surface area contributed by atoms with Crippen LogP contribution in [-0.2, 0) is 4.74 Å². The largest absolute Gasteiger partial charge is 0.381 e. The third kappa shape index (κ3) is 4.24. The Balaban J connectivity index is 1.74. The molecule has 2 aromatic heterocycles. The lowest BCUT2D eigenvalue weighted by Crippen LogP contribution is -2.42. The van der Waals surface area contributed by atoms with Crippen LogP contribution in [0.25, 0.3) is 11.3 Å². The molecule has 0 aliphatic carbocycles. The minimum Gasteiger partial charge on any atom is -0.381 e. The molecular formula is C20H26F2N6O. The molecule has 9 heteroatoms. The summed E-state index contributed by atoms with van der Waals surface area (Å²) in [6, 6.07) is 3.13. The highest BCUT2D eigenvalue weighted by Gasteiger charge is 2.35. The van der Waals surface area contributed by atoms with Crippen molar-refractivity contribution in [3.05, 3.63) is 24.1 Å². The molecular weight excluding hydrogens is 378 g/mol. The molecule has 4 rings (SSSR count). The lowest BCUT2D eigenvalue weighted by Gasteiger charge is -2.34. The van der Waals surface area contributed by atoms with E-state index in [-0.39, 0.29) is 18.5 Å². The summed E-state index contributed by atoms with van der Waals surface area (Å²) >= 11 is 0. The van der Waals surface area contributed by atoms with Crippen molar-refractivity contribution >= 4 is 17.6 Å². The van der Waals surface area contributed by atoms with Gasteiger partial charge in [0.2, 0.25) is 5.95 Å². The van der Waals surface area contributed by atoms with Crippen LogP contribution in [0, 0.1) is 5.82 Å². The Bertz CT molecular complexity index is 893. The Morgan fingerprint density at radius 3 is 2.79 bits per heavy atom. The number of pyridine rings is 1. The van der Waals surface area contributed by atoms with E-state index in [4.69, 9.17) is 15.5 Å². The highest BCUT2D eigenvalue weighted by Crippen LogP contribution is 2.31. The number of hydrogen-bond donors (Lipinski definition) is 1. The first-order valence-corrected chi connectivity index (χ1v) is 9.95. The Morgan fingerprint density at radius 2 is 2.10 bits per heavy atom. The van der Waals surface area contributed by atoms with Crippen LogP contribution < -0.4 is 15.5 Å². The van der Waals surface area contributed by atoms with Crippen molar-refractivity contribution in [1.82, 2.24) is 15.0 Å². The molecule has 2 atom stereocenters. The highest BCUT2D eigenvalue weighted by molar-refractivity contribution is 5.65. The number of alkyl halides is 1. The van der Waals surface area contributed by atoms with Crippen LogP contribution in [-0.4, -0.2) is 59.5 Å². The third-order valence-electron chi connectivity index (χ3n) is 5.49. The summed E-state index contributed by atoms with van der Waals surface area (Å²) in [5.74, 6) is 0.404. The zero-order valence-electron chi connectivity index (χ0n) is 16.7. The first-order valence-electron chi connectivity index (χ1n) is 9.95. The normalized spacial score (nSPS) is 24.9. The van der Waals surface area contributed by atoms with Gasteiger partial charge in [0, 0.05) is 43.9 Å². The molecule has 7 nitrogen and oxygen atoms in total. The van der Waals surface area contributed by atoms with Gasteiger partial charge in [-0.3, -0.25) is 0 Å². The number of rotatable bonds is 4. The van der Waals surface area contributed by atoms with Gasteiger partial charge in [0.25, 0.3) is 0 Å². The number of morpholine rings is 1. The van der Waals surface area contributed by atoms with Gasteiger partial charge >= 0.3 is 0 Å². The maximum atomic E-state index is 14.4. The van der Waals surface area contributed by atoms with E-state index < -0.39 is 11.5 Å². The van der Waals surface area contributed by atoms with Crippen LogP contribution in [0.2, 0.25) is 0 Å². The summed E-state index contributed by atoms with van der Waals surface area (Å²) in [4.78, 5) is 17.2. The predicted molar refractivity (Wildman–Crippen MR) is 108 cm³/mol. The highest BCUT2D eigenvalue weighted by atomic mass is 19.1. The van der Waals surface area contributed by atoms with E-state index in [9.17, 15) is 8.78 Å². The monoisotopic (exact) mass is 404 g/mol. The van der Waals surface area contributed by atoms with E-state index in [1.165, 1.54) is 12.3 Å². The molecule has 29 heavy (non-hydrogen) atoms. The average Bonchev–Trinajstić information content (AvgIpc) is 3.09. The molecule has 2 aliphatic rings. The molecule has 0 radical (unpaired) electrons. The molecule has 2 N–H and O–H groups in total. The zero-order valence-corrected chi connectivity index (χ0v) is 16.7. The molecule has 0 spiro atoms. The second-order valence-electron chi connectivity index (χ2n) is 7.93. The van der Waals surface area contributed by atoms with Gasteiger partial charge in [-0.15, -0.1) is 0 Å². The molecule has 0 amide bonds. The molecule has 2 saturated heterocycles. The van der Waals surface area contributed by atoms with E-state index in [0.717, 1.165) is 12.2 Å². The average molecular weight is 404 g/mol. The number of nitrogens with zero attached hydrogens (tertiary/aromatic N) is 5. The Morgan fingerprint density at radius 1 is 1.28 bits per heavy atom. The van der Waals surface area contributed by atoms with Crippen molar-refractivity contribution in [1.29, 1.82) is 0 Å². The topological polar surface area (TPSA) is 80.4 Å². The van der Waals surface area contributed by atoms with Crippen molar-refractivity contribution in [3.8, 4) is 11.3 Å². The summed E-state index contributed by atoms with van der Waals surface area (Å²) < 4.78 is 34.2. The summed E-state index contributed by atoms with van der Waals surface area (Å²) in [5.41, 5.74) is 5.27. The zero-order chi connectivity index (χ0) is 20.6. The number of anilines is 3. The Kier molecular flexibility index (Phi) is 5.24. The SMILES string of the molecule is CC[C@H]1CN(c2cc(-c3cnc(N)c(F)c3)nc(N3CCC(C)(F)C3)n2)CCO1. The minimum atomic E-state index is -1.28. The first kappa shape index (κ1) is 19.8. The Labute approximate surface area is 168 Å². The van der Waals surface area contributed by atoms with E-state index in [1.807, 2.05) is 11.0 Å². The molecule has 2 aromatic rings. The predicted octanol–water partition coefficient (Wildman–Crippen LogP) is 2.81. The summed E-state index contributed by atoms with van der Waals surface area (Å²) in [6.07, 6.45) is 2.94. The molecule has 0 saturated carbocycles. The van der Waals surface area contributed by atoms with Gasteiger partial charge in [0.15, 0.2) is 11.6 Å². The summed E-state index contributed by atoms with van der Waals surface area (Å²) in [7, 11) is 0. The van der Waals surface area contributed by atoms with Crippen molar-refractivity contribution in [2.24, 2.45) is 0 Å². The van der Waals surface area contributed by atoms with Crippen molar-refractivity contribution < 1.29 is 13.5 Å². The van der Waals surface area contributed by atoms with E-state index in [1.54, 1.807) is 6.92 Å². The second-order valence-corrected chi connectivity index (χ2v) is 7.93. The van der Waals surface area contributed by atoms with Gasteiger partial charge < -0.3 is 20.3 Å².